The topological polar surface area (TPSA) is 0 Å². The monoisotopic (exact) mass is 392 g/mol. The second kappa shape index (κ2) is 6.37. The highest BCUT2D eigenvalue weighted by molar-refractivity contribution is 5.33. The molecule has 0 saturated heterocycles. The highest BCUT2D eigenvalue weighted by Gasteiger charge is 2.85. The maximum atomic E-state index is 2.77. The quantitative estimate of drug-likeness (QED) is 0.484. The Morgan fingerprint density at radius 2 is 1.72 bits per heavy atom. The van der Waals surface area contributed by atoms with E-state index in [9.17, 15) is 0 Å². The zero-order valence-corrected chi connectivity index (χ0v) is 19.2. The van der Waals surface area contributed by atoms with Gasteiger partial charge < -0.3 is 0 Å². The summed E-state index contributed by atoms with van der Waals surface area (Å²) in [6.07, 6.45) is 18.4. The fourth-order valence-corrected chi connectivity index (χ4v) is 10.8. The van der Waals surface area contributed by atoms with Crippen LogP contribution in [0.4, 0.5) is 0 Å². The molecule has 29 heavy (non-hydrogen) atoms. The van der Waals surface area contributed by atoms with Gasteiger partial charge in [0.2, 0.25) is 0 Å². The molecule has 0 bridgehead atoms. The number of benzene rings is 1. The summed E-state index contributed by atoms with van der Waals surface area (Å²) in [6, 6.07) is 9.31. The molecule has 0 aliphatic heterocycles. The third-order valence-corrected chi connectivity index (χ3v) is 11.8. The molecule has 0 heterocycles. The van der Waals surface area contributed by atoms with Crippen LogP contribution in [-0.2, 0) is 6.42 Å². The van der Waals surface area contributed by atoms with Gasteiger partial charge in [0.05, 0.1) is 0 Å². The van der Waals surface area contributed by atoms with Crippen molar-refractivity contribution >= 4 is 0 Å². The van der Waals surface area contributed by atoms with Gasteiger partial charge in [0.25, 0.3) is 0 Å². The van der Waals surface area contributed by atoms with Crippen LogP contribution in [-0.4, -0.2) is 0 Å². The maximum Gasteiger partial charge on any atom is 0 e. The predicted molar refractivity (Wildman–Crippen MR) is 124 cm³/mol. The van der Waals surface area contributed by atoms with E-state index in [1.807, 2.05) is 0 Å². The van der Waals surface area contributed by atoms with Crippen LogP contribution in [0.1, 0.15) is 97.0 Å². The van der Waals surface area contributed by atoms with Crippen molar-refractivity contribution in [1.29, 1.82) is 0 Å². The van der Waals surface area contributed by atoms with Crippen LogP contribution < -0.4 is 0 Å². The van der Waals surface area contributed by atoms with Crippen molar-refractivity contribution in [2.45, 2.75) is 97.8 Å². The summed E-state index contributed by atoms with van der Waals surface area (Å²) in [7, 11) is 0. The first-order valence-corrected chi connectivity index (χ1v) is 13.1. The predicted octanol–water partition coefficient (Wildman–Crippen LogP) is 8.22. The summed E-state index contributed by atoms with van der Waals surface area (Å²) < 4.78 is 0. The van der Waals surface area contributed by atoms with E-state index in [1.54, 1.807) is 56.9 Å². The first-order valence-electron chi connectivity index (χ1n) is 13.1. The van der Waals surface area contributed by atoms with Gasteiger partial charge in [-0.3, -0.25) is 0 Å². The van der Waals surface area contributed by atoms with Crippen LogP contribution in [0.2, 0.25) is 0 Å². The third-order valence-electron chi connectivity index (χ3n) is 11.8. The lowest BCUT2D eigenvalue weighted by atomic mass is 9.58. The van der Waals surface area contributed by atoms with Crippen LogP contribution >= 0.6 is 0 Å². The van der Waals surface area contributed by atoms with Gasteiger partial charge in [0, 0.05) is 1.43 Å². The minimum atomic E-state index is 0. The van der Waals surface area contributed by atoms with Gasteiger partial charge in [-0.2, -0.15) is 0 Å². The third kappa shape index (κ3) is 2.33. The fourth-order valence-electron chi connectivity index (χ4n) is 10.8. The zero-order chi connectivity index (χ0) is 19.9. The van der Waals surface area contributed by atoms with Crippen molar-refractivity contribution in [3.63, 3.8) is 0 Å². The molecule has 5 saturated carbocycles. The summed E-state index contributed by atoms with van der Waals surface area (Å²) in [4.78, 5) is 0. The molecule has 5 aliphatic rings. The van der Waals surface area contributed by atoms with Crippen molar-refractivity contribution < 1.29 is 1.43 Å². The second-order valence-electron chi connectivity index (χ2n) is 12.4. The first-order chi connectivity index (χ1) is 14.0. The smallest absolute Gasteiger partial charge is 0 e. The Bertz CT molecular complexity index is 782. The average molecular weight is 393 g/mol. The van der Waals surface area contributed by atoms with E-state index in [1.165, 1.54) is 31.2 Å². The molecule has 0 radical (unpaired) electrons. The second-order valence-corrected chi connectivity index (χ2v) is 12.4. The van der Waals surface area contributed by atoms with Gasteiger partial charge in [0.15, 0.2) is 0 Å². The van der Waals surface area contributed by atoms with E-state index in [0.29, 0.717) is 5.41 Å². The standard InChI is InChI=1S/C29H42.H2/c1-20-7-10-22(11-8-20)12-9-21(2)24-13-14-25-27(24,3)18-16-26-28-17-5-4-6-23(28)15-19-29(25,26)28;/h7-8,10-11,21,23-26H,4-6,9,12-19H2,1-3H3;1H. The largest absolute Gasteiger partial charge is 0.0622 e. The number of aryl methyl sites for hydroxylation is 2. The van der Waals surface area contributed by atoms with Gasteiger partial charge in [0.1, 0.15) is 0 Å². The van der Waals surface area contributed by atoms with Crippen LogP contribution in [0, 0.1) is 52.8 Å². The lowest BCUT2D eigenvalue weighted by Gasteiger charge is -2.47. The highest BCUT2D eigenvalue weighted by Crippen LogP contribution is 2.91. The Morgan fingerprint density at radius 1 is 0.897 bits per heavy atom. The molecule has 0 amide bonds. The molecule has 0 aromatic heterocycles. The van der Waals surface area contributed by atoms with Crippen molar-refractivity contribution in [3.8, 4) is 0 Å². The van der Waals surface area contributed by atoms with Crippen molar-refractivity contribution in [2.75, 3.05) is 0 Å². The highest BCUT2D eigenvalue weighted by atomic mass is 14.9. The number of hydrogen-bond donors (Lipinski definition) is 0. The van der Waals surface area contributed by atoms with Crippen molar-refractivity contribution in [3.05, 3.63) is 35.4 Å². The summed E-state index contributed by atoms with van der Waals surface area (Å²) in [5.41, 5.74) is 5.25. The zero-order valence-electron chi connectivity index (χ0n) is 19.2. The van der Waals surface area contributed by atoms with E-state index in [2.05, 4.69) is 45.0 Å². The van der Waals surface area contributed by atoms with E-state index in [-0.39, 0.29) is 1.43 Å². The Morgan fingerprint density at radius 3 is 2.55 bits per heavy atom. The molecule has 5 aliphatic carbocycles. The summed E-state index contributed by atoms with van der Waals surface area (Å²) in [5.74, 6) is 5.21. The molecule has 8 unspecified atom stereocenters. The lowest BCUT2D eigenvalue weighted by Crippen LogP contribution is -2.40. The van der Waals surface area contributed by atoms with Crippen LogP contribution in [0.25, 0.3) is 0 Å². The Hall–Kier alpha value is -0.780. The van der Waals surface area contributed by atoms with Gasteiger partial charge >= 0.3 is 0 Å². The molecular weight excluding hydrogens is 348 g/mol. The number of rotatable bonds is 4. The Kier molecular flexibility index (Phi) is 4.16. The molecule has 5 fully saturated rings. The fraction of sp³-hybridized carbons (Fsp3) is 0.793. The first kappa shape index (κ1) is 18.9. The normalized spacial score (nSPS) is 48.4. The van der Waals surface area contributed by atoms with E-state index < -0.39 is 0 Å². The molecule has 2 spiro atoms. The molecule has 8 atom stereocenters. The summed E-state index contributed by atoms with van der Waals surface area (Å²) in [5, 5.41) is 0. The van der Waals surface area contributed by atoms with Crippen LogP contribution in [0.5, 0.6) is 0 Å². The van der Waals surface area contributed by atoms with E-state index in [0.717, 1.165) is 40.4 Å². The molecule has 1 aromatic rings. The summed E-state index contributed by atoms with van der Waals surface area (Å²) in [6.45, 7) is 7.58. The van der Waals surface area contributed by atoms with Gasteiger partial charge in [-0.25, -0.2) is 0 Å². The minimum absolute atomic E-state index is 0. The molecule has 1 aromatic carbocycles. The van der Waals surface area contributed by atoms with E-state index >= 15 is 0 Å². The molecule has 6 rings (SSSR count). The Labute approximate surface area is 180 Å². The molecule has 160 valence electrons. The molecular formula is C29H44. The van der Waals surface area contributed by atoms with Gasteiger partial charge in [-0.15, -0.1) is 0 Å². The molecule has 0 nitrogen and oxygen atoms in total. The van der Waals surface area contributed by atoms with Gasteiger partial charge in [-0.1, -0.05) is 56.5 Å². The van der Waals surface area contributed by atoms with Crippen molar-refractivity contribution in [2.24, 2.45) is 45.8 Å². The number of fused-ring (bicyclic) bond motifs is 1. The minimum Gasteiger partial charge on any atom is -0.0622 e. The van der Waals surface area contributed by atoms with E-state index in [4.69, 9.17) is 0 Å². The average Bonchev–Trinajstić information content (AvgIpc) is 2.99. The molecule has 0 heteroatoms. The van der Waals surface area contributed by atoms with Crippen LogP contribution in [0.15, 0.2) is 24.3 Å². The Balaban J connectivity index is 0.00000193. The lowest BCUT2D eigenvalue weighted by molar-refractivity contribution is 0.0148. The number of hydrogen-bond acceptors (Lipinski definition) is 0. The SMILES string of the molecule is Cc1ccc(CCC(C)C2CCC3C2(C)CCC2C45CCCCC4CCC325)cc1.[HH]. The van der Waals surface area contributed by atoms with Gasteiger partial charge in [-0.05, 0) is 123 Å². The summed E-state index contributed by atoms with van der Waals surface area (Å²) >= 11 is 0. The van der Waals surface area contributed by atoms with Crippen LogP contribution in [0.3, 0.4) is 0 Å². The molecule has 0 N–H and O–H groups in total. The van der Waals surface area contributed by atoms with Crippen molar-refractivity contribution in [1.82, 2.24) is 0 Å². The maximum absolute atomic E-state index is 2.77.